The minimum atomic E-state index is -0.0928. The Morgan fingerprint density at radius 1 is 1.38 bits per heavy atom. The SMILES string of the molecule is CCCNC(=O)COc1ccc(CN)cc1. The van der Waals surface area contributed by atoms with Crippen LogP contribution in [0.25, 0.3) is 0 Å². The Kier molecular flexibility index (Phi) is 5.36. The summed E-state index contributed by atoms with van der Waals surface area (Å²) in [6, 6.07) is 7.41. The summed E-state index contributed by atoms with van der Waals surface area (Å²) in [5, 5.41) is 2.74. The van der Waals surface area contributed by atoms with Crippen LogP contribution < -0.4 is 15.8 Å². The van der Waals surface area contributed by atoms with Gasteiger partial charge in [0.2, 0.25) is 0 Å². The minimum absolute atomic E-state index is 0.0575. The second-order valence-electron chi connectivity index (χ2n) is 3.49. The Morgan fingerprint density at radius 3 is 2.62 bits per heavy atom. The van der Waals surface area contributed by atoms with Crippen LogP contribution in [-0.2, 0) is 11.3 Å². The number of rotatable bonds is 6. The van der Waals surface area contributed by atoms with Crippen LogP contribution in [0.4, 0.5) is 0 Å². The molecule has 1 amide bonds. The van der Waals surface area contributed by atoms with Crippen molar-refractivity contribution in [2.24, 2.45) is 5.73 Å². The third kappa shape index (κ3) is 4.31. The molecule has 0 aliphatic heterocycles. The van der Waals surface area contributed by atoms with E-state index in [2.05, 4.69) is 5.32 Å². The lowest BCUT2D eigenvalue weighted by Crippen LogP contribution is -2.29. The fourth-order valence-electron chi connectivity index (χ4n) is 1.19. The molecular weight excluding hydrogens is 204 g/mol. The summed E-state index contributed by atoms with van der Waals surface area (Å²) in [5.41, 5.74) is 6.52. The average Bonchev–Trinajstić information content (AvgIpc) is 2.34. The third-order valence-electron chi connectivity index (χ3n) is 2.10. The van der Waals surface area contributed by atoms with Crippen LogP contribution in [0.5, 0.6) is 5.75 Å². The predicted molar refractivity (Wildman–Crippen MR) is 63.1 cm³/mol. The maximum Gasteiger partial charge on any atom is 0.257 e. The first-order valence-corrected chi connectivity index (χ1v) is 5.44. The van der Waals surface area contributed by atoms with Gasteiger partial charge in [0, 0.05) is 13.1 Å². The molecule has 0 spiro atoms. The highest BCUT2D eigenvalue weighted by atomic mass is 16.5. The summed E-state index contributed by atoms with van der Waals surface area (Å²) in [5.74, 6) is 0.591. The molecule has 1 aromatic rings. The van der Waals surface area contributed by atoms with Crippen LogP contribution in [0.15, 0.2) is 24.3 Å². The van der Waals surface area contributed by atoms with Crippen molar-refractivity contribution < 1.29 is 9.53 Å². The molecule has 1 aromatic carbocycles. The number of nitrogens with one attached hydrogen (secondary N) is 1. The van der Waals surface area contributed by atoms with Gasteiger partial charge in [-0.25, -0.2) is 0 Å². The van der Waals surface area contributed by atoms with E-state index in [1.165, 1.54) is 0 Å². The summed E-state index contributed by atoms with van der Waals surface area (Å²) >= 11 is 0. The van der Waals surface area contributed by atoms with Crippen molar-refractivity contribution in [2.75, 3.05) is 13.2 Å². The molecule has 0 bridgehead atoms. The number of carbonyl (C=O) groups excluding carboxylic acids is 1. The molecule has 0 aliphatic carbocycles. The van der Waals surface area contributed by atoms with Gasteiger partial charge in [-0.05, 0) is 24.1 Å². The van der Waals surface area contributed by atoms with Crippen LogP contribution in [0.2, 0.25) is 0 Å². The number of ether oxygens (including phenoxy) is 1. The summed E-state index contributed by atoms with van der Waals surface area (Å²) < 4.78 is 5.31. The molecule has 0 saturated carbocycles. The number of amides is 1. The second kappa shape index (κ2) is 6.85. The number of benzene rings is 1. The molecule has 0 radical (unpaired) electrons. The van der Waals surface area contributed by atoms with E-state index in [1.807, 2.05) is 31.2 Å². The first-order chi connectivity index (χ1) is 7.76. The molecule has 0 unspecified atom stereocenters. The molecule has 1 rings (SSSR count). The van der Waals surface area contributed by atoms with Crippen molar-refractivity contribution in [2.45, 2.75) is 19.9 Å². The van der Waals surface area contributed by atoms with E-state index in [9.17, 15) is 4.79 Å². The lowest BCUT2D eigenvalue weighted by molar-refractivity contribution is -0.123. The fraction of sp³-hybridized carbons (Fsp3) is 0.417. The molecule has 4 nitrogen and oxygen atoms in total. The van der Waals surface area contributed by atoms with Crippen molar-refractivity contribution >= 4 is 5.91 Å². The fourth-order valence-corrected chi connectivity index (χ4v) is 1.19. The minimum Gasteiger partial charge on any atom is -0.484 e. The largest absolute Gasteiger partial charge is 0.484 e. The lowest BCUT2D eigenvalue weighted by atomic mass is 10.2. The van der Waals surface area contributed by atoms with Crippen LogP contribution in [0.3, 0.4) is 0 Å². The average molecular weight is 222 g/mol. The molecule has 0 aliphatic rings. The summed E-state index contributed by atoms with van der Waals surface area (Å²) in [6.45, 7) is 3.26. The zero-order valence-corrected chi connectivity index (χ0v) is 9.53. The van der Waals surface area contributed by atoms with Gasteiger partial charge in [-0.3, -0.25) is 4.79 Å². The Hall–Kier alpha value is -1.55. The van der Waals surface area contributed by atoms with Gasteiger partial charge in [-0.2, -0.15) is 0 Å². The highest BCUT2D eigenvalue weighted by molar-refractivity contribution is 5.77. The summed E-state index contributed by atoms with van der Waals surface area (Å²) in [6.07, 6.45) is 0.928. The van der Waals surface area contributed by atoms with Crippen molar-refractivity contribution in [1.29, 1.82) is 0 Å². The Labute approximate surface area is 95.8 Å². The predicted octanol–water partition coefficient (Wildman–Crippen LogP) is 1.05. The molecule has 0 atom stereocenters. The second-order valence-corrected chi connectivity index (χ2v) is 3.49. The van der Waals surface area contributed by atoms with E-state index in [0.29, 0.717) is 18.8 Å². The van der Waals surface area contributed by atoms with Crippen LogP contribution in [-0.4, -0.2) is 19.1 Å². The molecule has 0 aromatic heterocycles. The first-order valence-electron chi connectivity index (χ1n) is 5.44. The van der Waals surface area contributed by atoms with Gasteiger partial charge >= 0.3 is 0 Å². The van der Waals surface area contributed by atoms with Gasteiger partial charge in [-0.1, -0.05) is 19.1 Å². The standard InChI is InChI=1S/C12H18N2O2/c1-2-7-14-12(15)9-16-11-5-3-10(8-13)4-6-11/h3-6H,2,7-9,13H2,1H3,(H,14,15). The summed E-state index contributed by atoms with van der Waals surface area (Å²) in [4.78, 5) is 11.2. The molecule has 4 heteroatoms. The number of hydrogen-bond donors (Lipinski definition) is 2. The van der Waals surface area contributed by atoms with Crippen molar-refractivity contribution in [3.05, 3.63) is 29.8 Å². The molecule has 0 heterocycles. The quantitative estimate of drug-likeness (QED) is 0.756. The Bertz CT molecular complexity index is 322. The maximum atomic E-state index is 11.2. The van der Waals surface area contributed by atoms with Gasteiger partial charge in [0.05, 0.1) is 0 Å². The van der Waals surface area contributed by atoms with Crippen molar-refractivity contribution in [1.82, 2.24) is 5.32 Å². The molecule has 88 valence electrons. The summed E-state index contributed by atoms with van der Waals surface area (Å²) in [7, 11) is 0. The van der Waals surface area contributed by atoms with E-state index in [1.54, 1.807) is 0 Å². The molecular formula is C12H18N2O2. The van der Waals surface area contributed by atoms with E-state index < -0.39 is 0 Å². The smallest absolute Gasteiger partial charge is 0.257 e. The Morgan fingerprint density at radius 2 is 2.06 bits per heavy atom. The highest BCUT2D eigenvalue weighted by Crippen LogP contribution is 2.11. The van der Waals surface area contributed by atoms with E-state index in [4.69, 9.17) is 10.5 Å². The van der Waals surface area contributed by atoms with Crippen LogP contribution >= 0.6 is 0 Å². The van der Waals surface area contributed by atoms with Gasteiger partial charge in [0.15, 0.2) is 6.61 Å². The van der Waals surface area contributed by atoms with Gasteiger partial charge in [0.1, 0.15) is 5.75 Å². The number of carbonyl (C=O) groups is 1. The van der Waals surface area contributed by atoms with Crippen LogP contribution in [0.1, 0.15) is 18.9 Å². The zero-order chi connectivity index (χ0) is 11.8. The normalized spacial score (nSPS) is 9.88. The third-order valence-corrected chi connectivity index (χ3v) is 2.10. The number of hydrogen-bond acceptors (Lipinski definition) is 3. The maximum absolute atomic E-state index is 11.2. The topological polar surface area (TPSA) is 64.3 Å². The highest BCUT2D eigenvalue weighted by Gasteiger charge is 2.01. The molecule has 0 saturated heterocycles. The van der Waals surface area contributed by atoms with Crippen molar-refractivity contribution in [3.8, 4) is 5.75 Å². The lowest BCUT2D eigenvalue weighted by Gasteiger charge is -2.07. The van der Waals surface area contributed by atoms with Crippen LogP contribution in [0, 0.1) is 0 Å². The Balaban J connectivity index is 2.33. The molecule has 16 heavy (non-hydrogen) atoms. The van der Waals surface area contributed by atoms with Gasteiger partial charge < -0.3 is 15.8 Å². The number of nitrogens with two attached hydrogens (primary N) is 1. The first kappa shape index (κ1) is 12.5. The monoisotopic (exact) mass is 222 g/mol. The molecule has 0 fully saturated rings. The van der Waals surface area contributed by atoms with Crippen molar-refractivity contribution in [3.63, 3.8) is 0 Å². The van der Waals surface area contributed by atoms with E-state index in [0.717, 1.165) is 12.0 Å². The van der Waals surface area contributed by atoms with E-state index in [-0.39, 0.29) is 12.5 Å². The zero-order valence-electron chi connectivity index (χ0n) is 9.53. The van der Waals surface area contributed by atoms with Gasteiger partial charge in [0.25, 0.3) is 5.91 Å². The van der Waals surface area contributed by atoms with E-state index >= 15 is 0 Å². The molecule has 3 N–H and O–H groups in total. The van der Waals surface area contributed by atoms with Gasteiger partial charge in [-0.15, -0.1) is 0 Å².